The lowest BCUT2D eigenvalue weighted by atomic mass is 10.2. The zero-order valence-corrected chi connectivity index (χ0v) is 13.1. The number of benzene rings is 2. The van der Waals surface area contributed by atoms with Gasteiger partial charge >= 0.3 is 0 Å². The molecule has 3 rings (SSSR count). The third kappa shape index (κ3) is 2.38. The molecule has 0 aliphatic rings. The second-order valence-corrected chi connectivity index (χ2v) is 6.07. The third-order valence-corrected chi connectivity index (χ3v) is 3.87. The standard InChI is InChI=1S/C17H18ClN3/c1-10(2)17-20-14-9-12(19)5-7-16(14)21(17)15-6-4-11(3)8-13(15)18/h4-10H,19H2,1-3H3. The van der Waals surface area contributed by atoms with Crippen LogP contribution in [0, 0.1) is 6.92 Å². The summed E-state index contributed by atoms with van der Waals surface area (Å²) in [6, 6.07) is 11.9. The summed E-state index contributed by atoms with van der Waals surface area (Å²) < 4.78 is 2.13. The van der Waals surface area contributed by atoms with E-state index in [2.05, 4.69) is 24.5 Å². The summed E-state index contributed by atoms with van der Waals surface area (Å²) in [5.41, 5.74) is 10.6. The molecule has 21 heavy (non-hydrogen) atoms. The molecule has 0 aliphatic carbocycles. The minimum Gasteiger partial charge on any atom is -0.399 e. The number of hydrogen-bond acceptors (Lipinski definition) is 2. The molecule has 0 aliphatic heterocycles. The van der Waals surface area contributed by atoms with Gasteiger partial charge in [-0.25, -0.2) is 4.98 Å². The number of rotatable bonds is 2. The first-order valence-electron chi connectivity index (χ1n) is 7.02. The van der Waals surface area contributed by atoms with Gasteiger partial charge in [-0.15, -0.1) is 0 Å². The lowest BCUT2D eigenvalue weighted by Gasteiger charge is -2.13. The summed E-state index contributed by atoms with van der Waals surface area (Å²) in [4.78, 5) is 4.74. The number of nitrogens with two attached hydrogens (primary N) is 1. The summed E-state index contributed by atoms with van der Waals surface area (Å²) in [5.74, 6) is 1.28. The van der Waals surface area contributed by atoms with Crippen molar-refractivity contribution in [2.24, 2.45) is 0 Å². The predicted octanol–water partition coefficient (Wildman–Crippen LogP) is 4.69. The number of nitrogen functional groups attached to an aromatic ring is 1. The van der Waals surface area contributed by atoms with Gasteiger partial charge < -0.3 is 5.73 Å². The van der Waals surface area contributed by atoms with Crippen LogP contribution in [-0.2, 0) is 0 Å². The molecule has 0 saturated carbocycles. The van der Waals surface area contributed by atoms with E-state index in [0.717, 1.165) is 38.8 Å². The zero-order valence-electron chi connectivity index (χ0n) is 12.4. The number of imidazole rings is 1. The molecule has 0 atom stereocenters. The Morgan fingerprint density at radius 2 is 1.90 bits per heavy atom. The van der Waals surface area contributed by atoms with E-state index in [-0.39, 0.29) is 5.92 Å². The van der Waals surface area contributed by atoms with Crippen LogP contribution in [0.2, 0.25) is 5.02 Å². The molecule has 4 heteroatoms. The van der Waals surface area contributed by atoms with Gasteiger partial charge in [-0.05, 0) is 42.8 Å². The Hall–Kier alpha value is -2.00. The topological polar surface area (TPSA) is 43.8 Å². The number of aryl methyl sites for hydroxylation is 1. The van der Waals surface area contributed by atoms with Crippen LogP contribution in [0.3, 0.4) is 0 Å². The number of anilines is 1. The van der Waals surface area contributed by atoms with Crippen LogP contribution in [0.15, 0.2) is 36.4 Å². The minimum absolute atomic E-state index is 0.288. The third-order valence-electron chi connectivity index (χ3n) is 3.56. The van der Waals surface area contributed by atoms with Crippen molar-refractivity contribution < 1.29 is 0 Å². The van der Waals surface area contributed by atoms with Crippen molar-refractivity contribution in [1.82, 2.24) is 9.55 Å². The number of fused-ring (bicyclic) bond motifs is 1. The van der Waals surface area contributed by atoms with Crippen molar-refractivity contribution in [2.45, 2.75) is 26.7 Å². The van der Waals surface area contributed by atoms with Gasteiger partial charge in [0.15, 0.2) is 0 Å². The molecule has 0 radical (unpaired) electrons. The van der Waals surface area contributed by atoms with Crippen LogP contribution in [0.5, 0.6) is 0 Å². The van der Waals surface area contributed by atoms with Crippen molar-refractivity contribution in [3.63, 3.8) is 0 Å². The van der Waals surface area contributed by atoms with E-state index >= 15 is 0 Å². The smallest absolute Gasteiger partial charge is 0.117 e. The van der Waals surface area contributed by atoms with Crippen LogP contribution in [0.4, 0.5) is 5.69 Å². The minimum atomic E-state index is 0.288. The number of aromatic nitrogens is 2. The Labute approximate surface area is 129 Å². The highest BCUT2D eigenvalue weighted by Crippen LogP contribution is 2.31. The van der Waals surface area contributed by atoms with Crippen LogP contribution < -0.4 is 5.73 Å². The largest absolute Gasteiger partial charge is 0.399 e. The van der Waals surface area contributed by atoms with E-state index in [0.29, 0.717) is 0 Å². The molecule has 2 aromatic carbocycles. The molecule has 3 nitrogen and oxygen atoms in total. The van der Waals surface area contributed by atoms with Gasteiger partial charge in [0.1, 0.15) is 5.82 Å². The van der Waals surface area contributed by atoms with Gasteiger partial charge in [-0.2, -0.15) is 0 Å². The Morgan fingerprint density at radius 1 is 1.14 bits per heavy atom. The van der Waals surface area contributed by atoms with E-state index in [4.69, 9.17) is 22.3 Å². The highest BCUT2D eigenvalue weighted by Gasteiger charge is 2.17. The highest BCUT2D eigenvalue weighted by molar-refractivity contribution is 6.32. The normalized spacial score (nSPS) is 11.5. The first kappa shape index (κ1) is 14.0. The van der Waals surface area contributed by atoms with Crippen molar-refractivity contribution in [1.29, 1.82) is 0 Å². The average Bonchev–Trinajstić information content (AvgIpc) is 2.77. The van der Waals surface area contributed by atoms with Gasteiger partial charge in [0.2, 0.25) is 0 Å². The number of nitrogens with zero attached hydrogens (tertiary/aromatic N) is 2. The fraction of sp³-hybridized carbons (Fsp3) is 0.235. The Bertz CT molecular complexity index is 818. The summed E-state index contributed by atoms with van der Waals surface area (Å²) in [5, 5.41) is 0.730. The maximum Gasteiger partial charge on any atom is 0.117 e. The van der Waals surface area contributed by atoms with Crippen molar-refractivity contribution in [3.05, 3.63) is 52.8 Å². The van der Waals surface area contributed by atoms with Crippen molar-refractivity contribution >= 4 is 28.3 Å². The fourth-order valence-corrected chi connectivity index (χ4v) is 2.87. The van der Waals surface area contributed by atoms with Gasteiger partial charge in [0.05, 0.1) is 21.7 Å². The fourth-order valence-electron chi connectivity index (χ4n) is 2.55. The first-order valence-corrected chi connectivity index (χ1v) is 7.39. The summed E-state index contributed by atoms with van der Waals surface area (Å²) >= 11 is 6.46. The molecular formula is C17H18ClN3. The van der Waals surface area contributed by atoms with Crippen LogP contribution in [-0.4, -0.2) is 9.55 Å². The van der Waals surface area contributed by atoms with Crippen LogP contribution >= 0.6 is 11.6 Å². The number of halogens is 1. The molecule has 1 aromatic heterocycles. The quantitative estimate of drug-likeness (QED) is 0.697. The SMILES string of the molecule is Cc1ccc(-n2c(C(C)C)nc3cc(N)ccc32)c(Cl)c1. The highest BCUT2D eigenvalue weighted by atomic mass is 35.5. The van der Waals surface area contributed by atoms with Crippen molar-refractivity contribution in [3.8, 4) is 5.69 Å². The summed E-state index contributed by atoms with van der Waals surface area (Å²) in [6.07, 6.45) is 0. The predicted molar refractivity (Wildman–Crippen MR) is 89.3 cm³/mol. The lowest BCUT2D eigenvalue weighted by Crippen LogP contribution is -2.03. The van der Waals surface area contributed by atoms with Gasteiger partial charge in [0.25, 0.3) is 0 Å². The molecule has 0 spiro atoms. The Morgan fingerprint density at radius 3 is 2.57 bits per heavy atom. The molecule has 2 N–H and O–H groups in total. The van der Waals surface area contributed by atoms with Crippen molar-refractivity contribution in [2.75, 3.05) is 5.73 Å². The second kappa shape index (κ2) is 5.08. The van der Waals surface area contributed by atoms with Crippen LogP contribution in [0.1, 0.15) is 31.2 Å². The average molecular weight is 300 g/mol. The molecule has 3 aromatic rings. The maximum absolute atomic E-state index is 6.46. The van der Waals surface area contributed by atoms with E-state index in [1.807, 2.05) is 37.3 Å². The van der Waals surface area contributed by atoms with Crippen LogP contribution in [0.25, 0.3) is 16.7 Å². The van der Waals surface area contributed by atoms with E-state index in [1.54, 1.807) is 0 Å². The van der Waals surface area contributed by atoms with Gasteiger partial charge in [0, 0.05) is 11.6 Å². The lowest BCUT2D eigenvalue weighted by molar-refractivity contribution is 0.760. The molecule has 1 heterocycles. The molecule has 0 saturated heterocycles. The second-order valence-electron chi connectivity index (χ2n) is 5.66. The molecule has 0 fully saturated rings. The molecular weight excluding hydrogens is 282 g/mol. The molecule has 108 valence electrons. The summed E-state index contributed by atoms with van der Waals surface area (Å²) in [6.45, 7) is 6.29. The van der Waals surface area contributed by atoms with E-state index in [1.165, 1.54) is 0 Å². The molecule has 0 amide bonds. The van der Waals surface area contributed by atoms with Gasteiger partial charge in [-0.3, -0.25) is 4.57 Å². The summed E-state index contributed by atoms with van der Waals surface area (Å²) in [7, 11) is 0. The first-order chi connectivity index (χ1) is 9.97. The Balaban J connectivity index is 2.36. The zero-order chi connectivity index (χ0) is 15.1. The Kier molecular flexibility index (Phi) is 3.38. The monoisotopic (exact) mass is 299 g/mol. The number of hydrogen-bond donors (Lipinski definition) is 1. The van der Waals surface area contributed by atoms with E-state index < -0.39 is 0 Å². The maximum atomic E-state index is 6.46. The molecule has 0 bridgehead atoms. The van der Waals surface area contributed by atoms with E-state index in [9.17, 15) is 0 Å². The molecule has 0 unspecified atom stereocenters. The van der Waals surface area contributed by atoms with Gasteiger partial charge in [-0.1, -0.05) is 31.5 Å².